The number of benzene rings is 1. The van der Waals surface area contributed by atoms with Gasteiger partial charge in [-0.3, -0.25) is 9.59 Å². The van der Waals surface area contributed by atoms with E-state index >= 15 is 0 Å². The molecule has 1 aliphatic rings. The van der Waals surface area contributed by atoms with Crippen molar-refractivity contribution in [2.24, 2.45) is 0 Å². The van der Waals surface area contributed by atoms with E-state index in [1.165, 1.54) is 0 Å². The molecule has 0 saturated carbocycles. The van der Waals surface area contributed by atoms with Crippen LogP contribution in [-0.4, -0.2) is 47.5 Å². The fourth-order valence-electron chi connectivity index (χ4n) is 2.61. The Balaban J connectivity index is 2.00. The van der Waals surface area contributed by atoms with E-state index in [4.69, 9.17) is 9.15 Å². The number of carbonyl (C=O) groups is 2. The number of oxazole rings is 1. The first-order valence-electron chi connectivity index (χ1n) is 7.23. The number of carboxylic acid groups (broad SMARTS) is 1. The molecular weight excluding hydrogens is 320 g/mol. The van der Waals surface area contributed by atoms with Gasteiger partial charge in [0.05, 0.1) is 18.9 Å². The summed E-state index contributed by atoms with van der Waals surface area (Å²) in [4.78, 5) is 29.0. The Hall–Kier alpha value is -2.06. The van der Waals surface area contributed by atoms with Crippen LogP contribution in [0.1, 0.15) is 18.2 Å². The third-order valence-corrected chi connectivity index (χ3v) is 3.92. The van der Waals surface area contributed by atoms with Crippen LogP contribution in [-0.2, 0) is 14.3 Å². The van der Waals surface area contributed by atoms with Gasteiger partial charge in [-0.05, 0) is 12.1 Å². The average molecular weight is 336 g/mol. The highest BCUT2D eigenvalue weighted by molar-refractivity contribution is 7.96. The van der Waals surface area contributed by atoms with Crippen LogP contribution in [0.25, 0.3) is 11.1 Å². The van der Waals surface area contributed by atoms with Gasteiger partial charge in [0.25, 0.3) is 0 Å². The minimum atomic E-state index is -1.16. The van der Waals surface area contributed by atoms with E-state index in [9.17, 15) is 14.7 Å². The van der Waals surface area contributed by atoms with Crippen molar-refractivity contribution < 1.29 is 23.8 Å². The molecule has 1 unspecified atom stereocenters. The number of rotatable bonds is 5. The minimum Gasteiger partial charge on any atom is -0.481 e. The molecule has 1 aromatic carbocycles. The molecule has 1 saturated heterocycles. The number of nitrogens with zero attached hydrogens (tertiary/aromatic N) is 2. The maximum atomic E-state index is 11.4. The SMILES string of the molecule is O=C(S)CC(C(=O)O)c1nc2c(N3CCOCC3)cccc2o1. The van der Waals surface area contributed by atoms with Gasteiger partial charge < -0.3 is 19.2 Å². The van der Waals surface area contributed by atoms with Gasteiger partial charge in [-0.1, -0.05) is 6.07 Å². The molecule has 2 heterocycles. The van der Waals surface area contributed by atoms with Crippen LogP contribution in [0.4, 0.5) is 5.69 Å². The number of hydrogen-bond acceptors (Lipinski definition) is 6. The second-order valence-electron chi connectivity index (χ2n) is 5.26. The monoisotopic (exact) mass is 336 g/mol. The zero-order valence-electron chi connectivity index (χ0n) is 12.3. The number of anilines is 1. The van der Waals surface area contributed by atoms with Crippen LogP contribution in [0.15, 0.2) is 22.6 Å². The largest absolute Gasteiger partial charge is 0.481 e. The Kier molecular flexibility index (Phi) is 4.53. The molecular formula is C15H16N2O5S. The summed E-state index contributed by atoms with van der Waals surface area (Å²) in [6, 6.07) is 5.48. The van der Waals surface area contributed by atoms with Crippen LogP contribution in [0.2, 0.25) is 0 Å². The van der Waals surface area contributed by atoms with Gasteiger partial charge in [0.15, 0.2) is 10.7 Å². The number of carboxylic acids is 1. The van der Waals surface area contributed by atoms with Crippen LogP contribution >= 0.6 is 12.6 Å². The second kappa shape index (κ2) is 6.59. The average Bonchev–Trinajstić information content (AvgIpc) is 2.96. The van der Waals surface area contributed by atoms with Crippen molar-refractivity contribution in [1.29, 1.82) is 0 Å². The molecule has 0 amide bonds. The van der Waals surface area contributed by atoms with Crippen LogP contribution < -0.4 is 4.90 Å². The Labute approximate surface area is 137 Å². The first-order valence-corrected chi connectivity index (χ1v) is 7.67. The summed E-state index contributed by atoms with van der Waals surface area (Å²) < 4.78 is 10.9. The molecule has 0 aliphatic carbocycles. The first kappa shape index (κ1) is 15.8. The summed E-state index contributed by atoms with van der Waals surface area (Å²) in [5.74, 6) is -2.27. The maximum Gasteiger partial charge on any atom is 0.316 e. The molecule has 0 bridgehead atoms. The normalized spacial score (nSPS) is 16.5. The number of aromatic nitrogens is 1. The van der Waals surface area contributed by atoms with Crippen molar-refractivity contribution in [3.63, 3.8) is 0 Å². The molecule has 23 heavy (non-hydrogen) atoms. The van der Waals surface area contributed by atoms with Gasteiger partial charge in [-0.25, -0.2) is 4.98 Å². The van der Waals surface area contributed by atoms with E-state index in [-0.39, 0.29) is 12.3 Å². The Morgan fingerprint density at radius 2 is 2.09 bits per heavy atom. The van der Waals surface area contributed by atoms with Crippen LogP contribution in [0.5, 0.6) is 0 Å². The van der Waals surface area contributed by atoms with Crippen molar-refractivity contribution in [2.45, 2.75) is 12.3 Å². The minimum absolute atomic E-state index is 0.0237. The zero-order chi connectivity index (χ0) is 16.4. The van der Waals surface area contributed by atoms with Crippen molar-refractivity contribution in [3.05, 3.63) is 24.1 Å². The summed E-state index contributed by atoms with van der Waals surface area (Å²) >= 11 is 3.65. The van der Waals surface area contributed by atoms with E-state index in [2.05, 4.69) is 22.5 Å². The highest BCUT2D eigenvalue weighted by Crippen LogP contribution is 2.31. The topological polar surface area (TPSA) is 92.9 Å². The summed E-state index contributed by atoms with van der Waals surface area (Å²) in [7, 11) is 0. The molecule has 0 radical (unpaired) electrons. The molecule has 3 rings (SSSR count). The Morgan fingerprint density at radius 3 is 2.74 bits per heavy atom. The molecule has 8 heteroatoms. The van der Waals surface area contributed by atoms with Gasteiger partial charge in [-0.15, -0.1) is 12.6 Å². The molecule has 1 aromatic heterocycles. The lowest BCUT2D eigenvalue weighted by Gasteiger charge is -2.28. The lowest BCUT2D eigenvalue weighted by Crippen LogP contribution is -2.36. The van der Waals surface area contributed by atoms with Crippen molar-refractivity contribution in [3.8, 4) is 0 Å². The molecule has 0 spiro atoms. The number of hydrogen-bond donors (Lipinski definition) is 2. The smallest absolute Gasteiger partial charge is 0.316 e. The number of thiol groups is 1. The van der Waals surface area contributed by atoms with Gasteiger partial charge in [-0.2, -0.15) is 0 Å². The van der Waals surface area contributed by atoms with E-state index in [0.29, 0.717) is 24.3 Å². The summed E-state index contributed by atoms with van der Waals surface area (Å²) in [5.41, 5.74) is 1.98. The van der Waals surface area contributed by atoms with Gasteiger partial charge in [0.1, 0.15) is 11.4 Å². The first-order chi connectivity index (χ1) is 11.1. The lowest BCUT2D eigenvalue weighted by molar-refractivity contribution is -0.140. The van der Waals surface area contributed by atoms with Gasteiger partial charge in [0, 0.05) is 19.5 Å². The molecule has 1 aliphatic heterocycles. The van der Waals surface area contributed by atoms with Crippen LogP contribution in [0.3, 0.4) is 0 Å². The lowest BCUT2D eigenvalue weighted by atomic mass is 10.1. The predicted molar refractivity (Wildman–Crippen MR) is 86.0 cm³/mol. The molecule has 122 valence electrons. The summed E-state index contributed by atoms with van der Waals surface area (Å²) in [5, 5.41) is 8.79. The molecule has 1 atom stereocenters. The van der Waals surface area contributed by atoms with E-state index in [0.717, 1.165) is 18.8 Å². The summed E-state index contributed by atoms with van der Waals surface area (Å²) in [6.07, 6.45) is -0.266. The number of aliphatic carboxylic acids is 1. The third kappa shape index (κ3) is 3.32. The van der Waals surface area contributed by atoms with Crippen molar-refractivity contribution in [1.82, 2.24) is 4.98 Å². The van der Waals surface area contributed by atoms with Crippen molar-refractivity contribution >= 4 is 40.5 Å². The second-order valence-corrected chi connectivity index (χ2v) is 5.76. The zero-order valence-corrected chi connectivity index (χ0v) is 13.2. The number of ether oxygens (including phenoxy) is 1. The highest BCUT2D eigenvalue weighted by Gasteiger charge is 2.28. The quantitative estimate of drug-likeness (QED) is 0.802. The highest BCUT2D eigenvalue weighted by atomic mass is 32.1. The maximum absolute atomic E-state index is 11.4. The predicted octanol–water partition coefficient (Wildman–Crippen LogP) is 1.68. The van der Waals surface area contributed by atoms with E-state index in [1.54, 1.807) is 6.07 Å². The molecule has 1 fully saturated rings. The molecule has 2 aromatic rings. The van der Waals surface area contributed by atoms with Gasteiger partial charge >= 0.3 is 5.97 Å². The molecule has 7 nitrogen and oxygen atoms in total. The molecule has 1 N–H and O–H groups in total. The fourth-order valence-corrected chi connectivity index (χ4v) is 2.80. The number of morpholine rings is 1. The standard InChI is InChI=1S/C15H16N2O5S/c18-12(23)8-9(15(19)20)14-16-13-10(2-1-3-11(13)22-14)17-4-6-21-7-5-17/h1-3,9H,4-8H2,(H,18,23)(H,19,20). The summed E-state index contributed by atoms with van der Waals surface area (Å²) in [6.45, 7) is 2.73. The van der Waals surface area contributed by atoms with Crippen molar-refractivity contribution in [2.75, 3.05) is 31.2 Å². The van der Waals surface area contributed by atoms with Crippen LogP contribution in [0, 0.1) is 0 Å². The number of para-hydroxylation sites is 1. The fraction of sp³-hybridized carbons (Fsp3) is 0.400. The van der Waals surface area contributed by atoms with E-state index < -0.39 is 17.0 Å². The number of fused-ring (bicyclic) bond motifs is 1. The Morgan fingerprint density at radius 1 is 1.35 bits per heavy atom. The third-order valence-electron chi connectivity index (χ3n) is 3.74. The Bertz CT molecular complexity index is 739. The van der Waals surface area contributed by atoms with E-state index in [1.807, 2.05) is 12.1 Å². The van der Waals surface area contributed by atoms with Gasteiger partial charge in [0.2, 0.25) is 5.89 Å². The number of carbonyl (C=O) groups excluding carboxylic acids is 1.